The maximum atomic E-state index is 9.59. The monoisotopic (exact) mass is 136 g/mol. The van der Waals surface area contributed by atoms with Crippen LogP contribution in [0.3, 0.4) is 0 Å². The van der Waals surface area contributed by atoms with E-state index >= 15 is 0 Å². The van der Waals surface area contributed by atoms with Gasteiger partial charge in [0.15, 0.2) is 10.7 Å². The first-order chi connectivity index (χ1) is 3.63. The molecule has 0 saturated carbocycles. The molecule has 46 valence electrons. The summed E-state index contributed by atoms with van der Waals surface area (Å²) in [5.41, 5.74) is 0. The minimum absolute atomic E-state index is 0.561. The van der Waals surface area contributed by atoms with Crippen LogP contribution in [0.1, 0.15) is 0 Å². The Labute approximate surface area is 47.4 Å². The van der Waals surface area contributed by atoms with E-state index in [0.717, 1.165) is 0 Å². The molecular weight excluding hydrogens is 132 g/mol. The van der Waals surface area contributed by atoms with Crippen LogP contribution in [0, 0.1) is 0 Å². The van der Waals surface area contributed by atoms with Crippen LogP contribution in [0.5, 0.6) is 0 Å². The van der Waals surface area contributed by atoms with Crippen LogP contribution < -0.4 is 0 Å². The number of rotatable bonds is 2. The Hall–Kier alpha value is -0.840. The third-order valence-corrected chi connectivity index (χ3v) is 0.731. The minimum Gasteiger partial charge on any atom is -0.478 e. The molecule has 0 rings (SSSR count). The number of carbonyl (C=O) groups is 1. The van der Waals surface area contributed by atoms with E-state index in [1.54, 1.807) is 0 Å². The first kappa shape index (κ1) is 7.16. The lowest BCUT2D eigenvalue weighted by atomic mass is 10.7. The molecule has 0 aromatic carbocycles. The molecule has 0 fully saturated rings. The topological polar surface area (TPSA) is 71.4 Å². The minimum atomic E-state index is -2.69. The number of thiol groups is 1. The van der Waals surface area contributed by atoms with E-state index in [-0.39, 0.29) is 0 Å². The fourth-order valence-corrected chi connectivity index (χ4v) is 0.374. The lowest BCUT2D eigenvalue weighted by molar-refractivity contribution is -0.131. The van der Waals surface area contributed by atoms with Crippen molar-refractivity contribution in [2.45, 2.75) is 0 Å². The molecule has 4 nitrogen and oxygen atoms in total. The molecule has 0 aromatic rings. The zero-order valence-electron chi connectivity index (χ0n) is 3.77. The van der Waals surface area contributed by atoms with Gasteiger partial charge in [0.05, 0.1) is 0 Å². The highest BCUT2D eigenvalue weighted by Gasteiger charge is 1.82. The second-order valence-electron chi connectivity index (χ2n) is 0.939. The highest BCUT2D eigenvalue weighted by molar-refractivity contribution is 7.75. The number of carboxylic acid groups (broad SMARTS) is 1. The van der Waals surface area contributed by atoms with E-state index in [1.807, 2.05) is 0 Å². The number of carboxylic acids is 1. The maximum absolute atomic E-state index is 9.59. The van der Waals surface area contributed by atoms with Gasteiger partial charge in [0.25, 0.3) is 0 Å². The van der Waals surface area contributed by atoms with Crippen LogP contribution in [0.4, 0.5) is 0 Å². The standard InChI is InChI=1S/C3H4O4S/c4-3(5)1-2-8(6)7/h1-2,8H,(H,4,5). The van der Waals surface area contributed by atoms with Gasteiger partial charge in [-0.1, -0.05) is 0 Å². The molecule has 0 atom stereocenters. The van der Waals surface area contributed by atoms with E-state index in [0.29, 0.717) is 11.5 Å². The Balaban J connectivity index is 3.86. The Bertz CT molecular complexity index is 170. The van der Waals surface area contributed by atoms with Gasteiger partial charge in [0, 0.05) is 11.5 Å². The van der Waals surface area contributed by atoms with E-state index in [1.165, 1.54) is 0 Å². The summed E-state index contributed by atoms with van der Waals surface area (Å²) in [7, 11) is -2.69. The molecule has 0 radical (unpaired) electrons. The zero-order chi connectivity index (χ0) is 6.57. The third-order valence-electron chi connectivity index (χ3n) is 0.339. The molecule has 8 heavy (non-hydrogen) atoms. The quantitative estimate of drug-likeness (QED) is 0.385. The maximum Gasteiger partial charge on any atom is 0.328 e. The van der Waals surface area contributed by atoms with Crippen LogP contribution in [0.25, 0.3) is 0 Å². The van der Waals surface area contributed by atoms with Crippen molar-refractivity contribution in [1.29, 1.82) is 0 Å². The molecule has 0 unspecified atom stereocenters. The van der Waals surface area contributed by atoms with Crippen molar-refractivity contribution < 1.29 is 18.3 Å². The van der Waals surface area contributed by atoms with Crippen molar-refractivity contribution in [2.24, 2.45) is 0 Å². The summed E-state index contributed by atoms with van der Waals surface area (Å²) in [5, 5.41) is 8.40. The van der Waals surface area contributed by atoms with Crippen LogP contribution >= 0.6 is 0 Å². The average Bonchev–Trinajstić information content (AvgIpc) is 1.61. The van der Waals surface area contributed by atoms with Crippen molar-refractivity contribution in [3.63, 3.8) is 0 Å². The molecule has 0 saturated heterocycles. The molecule has 1 N–H and O–H groups in total. The molecule has 0 aromatic heterocycles. The molecule has 0 aliphatic carbocycles. The molecule has 0 aliphatic rings. The average molecular weight is 136 g/mol. The normalized spacial score (nSPS) is 10.6. The first-order valence-corrected chi connectivity index (χ1v) is 2.92. The van der Waals surface area contributed by atoms with Crippen molar-refractivity contribution >= 4 is 16.7 Å². The number of aliphatic carboxylic acids is 1. The van der Waals surface area contributed by atoms with Gasteiger partial charge >= 0.3 is 5.97 Å². The zero-order valence-corrected chi connectivity index (χ0v) is 4.67. The summed E-state index contributed by atoms with van der Waals surface area (Å²) in [6, 6.07) is 0. The van der Waals surface area contributed by atoms with Gasteiger partial charge in [-0.25, -0.2) is 13.2 Å². The van der Waals surface area contributed by atoms with Crippen LogP contribution in [0.15, 0.2) is 11.5 Å². The van der Waals surface area contributed by atoms with Gasteiger partial charge in [-0.05, 0) is 0 Å². The van der Waals surface area contributed by atoms with Gasteiger partial charge in [-0.2, -0.15) is 0 Å². The largest absolute Gasteiger partial charge is 0.478 e. The second-order valence-corrected chi connectivity index (χ2v) is 1.81. The Morgan fingerprint density at radius 3 is 2.12 bits per heavy atom. The summed E-state index contributed by atoms with van der Waals surface area (Å²) in [6.45, 7) is 0. The molecule has 0 spiro atoms. The van der Waals surface area contributed by atoms with E-state index in [9.17, 15) is 13.2 Å². The summed E-state index contributed by atoms with van der Waals surface area (Å²) >= 11 is 0. The van der Waals surface area contributed by atoms with E-state index < -0.39 is 16.7 Å². The van der Waals surface area contributed by atoms with Gasteiger partial charge < -0.3 is 5.11 Å². The smallest absolute Gasteiger partial charge is 0.328 e. The summed E-state index contributed by atoms with van der Waals surface area (Å²) in [5.74, 6) is -1.26. The Kier molecular flexibility index (Phi) is 2.86. The third kappa shape index (κ3) is 5.16. The van der Waals surface area contributed by atoms with E-state index in [2.05, 4.69) is 0 Å². The lowest BCUT2D eigenvalue weighted by Crippen LogP contribution is -1.85. The molecular formula is C3H4O4S. The van der Waals surface area contributed by atoms with Crippen molar-refractivity contribution in [1.82, 2.24) is 0 Å². The summed E-state index contributed by atoms with van der Waals surface area (Å²) in [4.78, 5) is 9.55. The molecule has 0 amide bonds. The van der Waals surface area contributed by atoms with Gasteiger partial charge in [0.1, 0.15) is 0 Å². The molecule has 0 aliphatic heterocycles. The lowest BCUT2D eigenvalue weighted by Gasteiger charge is -1.70. The number of hydrogen-bond donors (Lipinski definition) is 2. The molecule has 0 heterocycles. The Morgan fingerprint density at radius 2 is 2.00 bits per heavy atom. The summed E-state index contributed by atoms with van der Waals surface area (Å²) in [6.07, 6.45) is 0.561. The first-order valence-electron chi connectivity index (χ1n) is 1.67. The second kappa shape index (κ2) is 3.20. The summed E-state index contributed by atoms with van der Waals surface area (Å²) < 4.78 is 19.2. The van der Waals surface area contributed by atoms with Gasteiger partial charge in [-0.15, -0.1) is 0 Å². The van der Waals surface area contributed by atoms with Crippen molar-refractivity contribution in [3.8, 4) is 0 Å². The van der Waals surface area contributed by atoms with Gasteiger partial charge in [-0.3, -0.25) is 0 Å². The van der Waals surface area contributed by atoms with Crippen LogP contribution in [-0.4, -0.2) is 19.5 Å². The highest BCUT2D eigenvalue weighted by Crippen LogP contribution is 1.70. The molecule has 5 heteroatoms. The van der Waals surface area contributed by atoms with Crippen LogP contribution in [0.2, 0.25) is 0 Å². The Morgan fingerprint density at radius 1 is 1.50 bits per heavy atom. The van der Waals surface area contributed by atoms with Crippen LogP contribution in [-0.2, 0) is 15.5 Å². The highest BCUT2D eigenvalue weighted by atomic mass is 32.2. The fourth-order valence-electron chi connectivity index (χ4n) is 0.125. The SMILES string of the molecule is O=C(O)C=C[SH](=O)=O. The van der Waals surface area contributed by atoms with E-state index in [4.69, 9.17) is 5.11 Å². The fraction of sp³-hybridized carbons (Fsp3) is 0. The molecule has 0 bridgehead atoms. The predicted molar refractivity (Wildman–Crippen MR) is 27.1 cm³/mol. The van der Waals surface area contributed by atoms with Gasteiger partial charge in [0.2, 0.25) is 0 Å². The van der Waals surface area contributed by atoms with Crippen molar-refractivity contribution in [2.75, 3.05) is 0 Å². The predicted octanol–water partition coefficient (Wildman–Crippen LogP) is -0.804. The van der Waals surface area contributed by atoms with Crippen molar-refractivity contribution in [3.05, 3.63) is 11.5 Å². The number of hydrogen-bond acceptors (Lipinski definition) is 3.